The molecule has 4 nitrogen and oxygen atoms in total. The molecule has 0 saturated carbocycles. The van der Waals surface area contributed by atoms with Crippen LogP contribution in [0.2, 0.25) is 10.0 Å². The van der Waals surface area contributed by atoms with Gasteiger partial charge in [-0.2, -0.15) is 0 Å². The second-order valence-electron chi connectivity index (χ2n) is 5.26. The van der Waals surface area contributed by atoms with Crippen LogP contribution in [0, 0.1) is 0 Å². The topological polar surface area (TPSA) is 41.6 Å². The number of nitrogens with zero attached hydrogens (tertiary/aromatic N) is 1. The molecule has 116 valence electrons. The number of benzene rings is 1. The highest BCUT2D eigenvalue weighted by Crippen LogP contribution is 2.28. The number of hydrogen-bond donors (Lipinski definition) is 1. The first-order valence-electron chi connectivity index (χ1n) is 7.02. The average molecular weight is 331 g/mol. The molecule has 2 atom stereocenters. The first kappa shape index (κ1) is 16.6. The van der Waals surface area contributed by atoms with Crippen molar-refractivity contribution in [3.05, 3.63) is 33.8 Å². The van der Waals surface area contributed by atoms with Crippen LogP contribution in [0.3, 0.4) is 0 Å². The van der Waals surface area contributed by atoms with Gasteiger partial charge in [-0.1, -0.05) is 29.3 Å². The molecule has 1 aliphatic heterocycles. The fourth-order valence-corrected chi connectivity index (χ4v) is 2.61. The van der Waals surface area contributed by atoms with Crippen molar-refractivity contribution in [2.75, 3.05) is 26.7 Å². The van der Waals surface area contributed by atoms with Gasteiger partial charge in [-0.25, -0.2) is 0 Å². The van der Waals surface area contributed by atoms with E-state index in [-0.39, 0.29) is 18.1 Å². The third-order valence-corrected chi connectivity index (χ3v) is 4.55. The molecule has 1 amide bonds. The lowest BCUT2D eigenvalue weighted by molar-refractivity contribution is -0.135. The Labute approximate surface area is 135 Å². The maximum absolute atomic E-state index is 12.3. The Morgan fingerprint density at radius 2 is 2.24 bits per heavy atom. The fraction of sp³-hybridized carbons (Fsp3) is 0.533. The Morgan fingerprint density at radius 3 is 2.86 bits per heavy atom. The number of hydrogen-bond acceptors (Lipinski definition) is 3. The van der Waals surface area contributed by atoms with Crippen molar-refractivity contribution in [2.24, 2.45) is 0 Å². The van der Waals surface area contributed by atoms with Gasteiger partial charge in [0.15, 0.2) is 0 Å². The van der Waals surface area contributed by atoms with Crippen molar-refractivity contribution >= 4 is 29.1 Å². The largest absolute Gasteiger partial charge is 0.375 e. The minimum absolute atomic E-state index is 0.0466. The Kier molecular flexibility index (Phi) is 5.88. The SMILES string of the molecule is CC(c1ccc(Cl)c(Cl)c1)N(C)C(=O)CC1CNCCO1. The summed E-state index contributed by atoms with van der Waals surface area (Å²) in [6.07, 6.45) is 0.338. The Balaban J connectivity index is 1.98. The first-order chi connectivity index (χ1) is 9.99. The van der Waals surface area contributed by atoms with Gasteiger partial charge in [0.1, 0.15) is 0 Å². The zero-order chi connectivity index (χ0) is 15.4. The highest BCUT2D eigenvalue weighted by atomic mass is 35.5. The summed E-state index contributed by atoms with van der Waals surface area (Å²) in [5.41, 5.74) is 0.961. The van der Waals surface area contributed by atoms with Gasteiger partial charge in [0.05, 0.1) is 35.2 Å². The van der Waals surface area contributed by atoms with Crippen LogP contribution < -0.4 is 5.32 Å². The molecular weight excluding hydrogens is 311 g/mol. The quantitative estimate of drug-likeness (QED) is 0.922. The van der Waals surface area contributed by atoms with E-state index in [0.29, 0.717) is 23.1 Å². The minimum Gasteiger partial charge on any atom is -0.375 e. The second kappa shape index (κ2) is 7.45. The van der Waals surface area contributed by atoms with E-state index in [9.17, 15) is 4.79 Å². The molecule has 1 heterocycles. The van der Waals surface area contributed by atoms with Gasteiger partial charge in [0.2, 0.25) is 5.91 Å². The van der Waals surface area contributed by atoms with E-state index in [1.807, 2.05) is 13.0 Å². The van der Waals surface area contributed by atoms with Gasteiger partial charge in [0.25, 0.3) is 0 Å². The number of nitrogens with one attached hydrogen (secondary N) is 1. The zero-order valence-electron chi connectivity index (χ0n) is 12.2. The van der Waals surface area contributed by atoms with Crippen molar-refractivity contribution in [1.29, 1.82) is 0 Å². The Bertz CT molecular complexity index is 504. The lowest BCUT2D eigenvalue weighted by Crippen LogP contribution is -2.42. The number of halogens is 2. The predicted octanol–water partition coefficient (Wildman–Crippen LogP) is 2.89. The number of ether oxygens (including phenoxy) is 1. The number of carbonyl (C=O) groups excluding carboxylic acids is 1. The lowest BCUT2D eigenvalue weighted by Gasteiger charge is -2.29. The molecule has 2 unspecified atom stereocenters. The number of morpholine rings is 1. The van der Waals surface area contributed by atoms with E-state index >= 15 is 0 Å². The molecule has 0 aliphatic carbocycles. The number of carbonyl (C=O) groups is 1. The third-order valence-electron chi connectivity index (χ3n) is 3.81. The fourth-order valence-electron chi connectivity index (χ4n) is 2.30. The number of amides is 1. The van der Waals surface area contributed by atoms with Crippen molar-refractivity contribution in [1.82, 2.24) is 10.2 Å². The molecule has 0 radical (unpaired) electrons. The maximum atomic E-state index is 12.3. The van der Waals surface area contributed by atoms with Crippen molar-refractivity contribution in [3.8, 4) is 0 Å². The van der Waals surface area contributed by atoms with E-state index in [4.69, 9.17) is 27.9 Å². The van der Waals surface area contributed by atoms with Crippen LogP contribution in [0.5, 0.6) is 0 Å². The highest BCUT2D eigenvalue weighted by molar-refractivity contribution is 6.42. The van der Waals surface area contributed by atoms with Crippen LogP contribution >= 0.6 is 23.2 Å². The van der Waals surface area contributed by atoms with Gasteiger partial charge >= 0.3 is 0 Å². The molecule has 1 fully saturated rings. The first-order valence-corrected chi connectivity index (χ1v) is 7.77. The van der Waals surface area contributed by atoms with Crippen molar-refractivity contribution < 1.29 is 9.53 Å². The summed E-state index contributed by atoms with van der Waals surface area (Å²) in [5.74, 6) is 0.0577. The van der Waals surface area contributed by atoms with Crippen LogP contribution in [0.25, 0.3) is 0 Å². The van der Waals surface area contributed by atoms with Crippen molar-refractivity contribution in [2.45, 2.75) is 25.5 Å². The summed E-state index contributed by atoms with van der Waals surface area (Å²) in [7, 11) is 1.80. The molecule has 1 aromatic rings. The molecule has 2 rings (SSSR count). The number of rotatable bonds is 4. The maximum Gasteiger partial charge on any atom is 0.225 e. The molecule has 21 heavy (non-hydrogen) atoms. The zero-order valence-corrected chi connectivity index (χ0v) is 13.7. The normalized spacial score (nSPS) is 20.1. The molecule has 1 N–H and O–H groups in total. The molecule has 1 aliphatic rings. The highest BCUT2D eigenvalue weighted by Gasteiger charge is 2.23. The summed E-state index contributed by atoms with van der Waals surface area (Å²) in [5, 5.41) is 4.24. The smallest absolute Gasteiger partial charge is 0.225 e. The average Bonchev–Trinajstić information content (AvgIpc) is 2.49. The monoisotopic (exact) mass is 330 g/mol. The van der Waals surface area contributed by atoms with E-state index in [1.54, 1.807) is 24.1 Å². The molecule has 0 bridgehead atoms. The summed E-state index contributed by atoms with van der Waals surface area (Å²) >= 11 is 12.0. The summed E-state index contributed by atoms with van der Waals surface area (Å²) in [4.78, 5) is 14.1. The molecule has 1 saturated heterocycles. The van der Waals surface area contributed by atoms with E-state index in [0.717, 1.165) is 18.7 Å². The summed E-state index contributed by atoms with van der Waals surface area (Å²) in [6, 6.07) is 5.38. The second-order valence-corrected chi connectivity index (χ2v) is 6.07. The predicted molar refractivity (Wildman–Crippen MR) is 84.9 cm³/mol. The van der Waals surface area contributed by atoms with Gasteiger partial charge < -0.3 is 15.0 Å². The van der Waals surface area contributed by atoms with Gasteiger partial charge in [-0.15, -0.1) is 0 Å². The van der Waals surface area contributed by atoms with Crippen LogP contribution in [0.15, 0.2) is 18.2 Å². The lowest BCUT2D eigenvalue weighted by atomic mass is 10.1. The Morgan fingerprint density at radius 1 is 1.48 bits per heavy atom. The Hall–Kier alpha value is -0.810. The molecule has 1 aromatic carbocycles. The molecule has 0 aromatic heterocycles. The minimum atomic E-state index is -0.0659. The van der Waals surface area contributed by atoms with Crippen LogP contribution in [0.4, 0.5) is 0 Å². The van der Waals surface area contributed by atoms with Crippen LogP contribution in [-0.2, 0) is 9.53 Å². The van der Waals surface area contributed by atoms with Gasteiger partial charge in [-0.05, 0) is 24.6 Å². The van der Waals surface area contributed by atoms with Gasteiger partial charge in [-0.3, -0.25) is 4.79 Å². The van der Waals surface area contributed by atoms with Crippen molar-refractivity contribution in [3.63, 3.8) is 0 Å². The molecular formula is C15H20Cl2N2O2. The standard InChI is InChI=1S/C15H20Cl2N2O2/c1-10(11-3-4-13(16)14(17)7-11)19(2)15(20)8-12-9-18-5-6-21-12/h3-4,7,10,12,18H,5-6,8-9H2,1-2H3. The van der Waals surface area contributed by atoms with E-state index < -0.39 is 0 Å². The van der Waals surface area contributed by atoms with Gasteiger partial charge in [0, 0.05) is 20.1 Å². The van der Waals surface area contributed by atoms with E-state index in [2.05, 4.69) is 5.32 Å². The summed E-state index contributed by atoms with van der Waals surface area (Å²) < 4.78 is 5.57. The van der Waals surface area contributed by atoms with E-state index in [1.165, 1.54) is 0 Å². The molecule has 0 spiro atoms. The third kappa shape index (κ3) is 4.33. The molecule has 6 heteroatoms. The van der Waals surface area contributed by atoms with Crippen LogP contribution in [-0.4, -0.2) is 43.7 Å². The summed E-state index contributed by atoms with van der Waals surface area (Å²) in [6.45, 7) is 4.20. The van der Waals surface area contributed by atoms with Crippen LogP contribution in [0.1, 0.15) is 24.9 Å².